The predicted octanol–water partition coefficient (Wildman–Crippen LogP) is 5.18. The summed E-state index contributed by atoms with van der Waals surface area (Å²) in [5.41, 5.74) is 1.01. The average Bonchev–Trinajstić information content (AvgIpc) is 3.15. The highest BCUT2D eigenvalue weighted by Crippen LogP contribution is 2.35. The third-order valence-corrected chi connectivity index (χ3v) is 4.82. The van der Waals surface area contributed by atoms with Gasteiger partial charge in [0.15, 0.2) is 0 Å². The van der Waals surface area contributed by atoms with E-state index in [9.17, 15) is 4.79 Å². The lowest BCUT2D eigenvalue weighted by molar-refractivity contribution is 0.0164. The van der Waals surface area contributed by atoms with Gasteiger partial charge in [0.05, 0.1) is 6.61 Å². The van der Waals surface area contributed by atoms with Gasteiger partial charge in [0.1, 0.15) is 11.4 Å². The molecule has 3 rings (SSSR count). The number of hydrogen-bond donors (Lipinski definition) is 0. The van der Waals surface area contributed by atoms with Gasteiger partial charge < -0.3 is 19.3 Å². The van der Waals surface area contributed by atoms with Gasteiger partial charge in [-0.05, 0) is 46.2 Å². The van der Waals surface area contributed by atoms with Gasteiger partial charge in [-0.15, -0.1) is 12.8 Å². The molecule has 0 N–H and O–H groups in total. The fraction of sp³-hybridized carbons (Fsp3) is 0.682. The Labute approximate surface area is 180 Å². The normalized spacial score (nSPS) is 18.6. The van der Waals surface area contributed by atoms with Crippen LogP contribution in [0.2, 0.25) is 0 Å². The molecule has 0 saturated carbocycles. The standard InChI is InChI=1S/C10H20N2O2.C8H9BrO.C2H6.C2H2/c1-10(2,3)14-9(13)12-7-5-11(4)6-8-12;9-7-3-1-2-6-4-5-10-8(6)7;2*1-2/h5-8H2,1-4H3;2H,1,3-5H2;1-2H3;1-2H. The quantitative estimate of drug-likeness (QED) is 0.471. The number of halogens is 1. The van der Waals surface area contributed by atoms with E-state index in [1.54, 1.807) is 4.90 Å². The van der Waals surface area contributed by atoms with Crippen molar-refractivity contribution in [2.45, 2.75) is 59.5 Å². The van der Waals surface area contributed by atoms with E-state index in [1.807, 2.05) is 34.6 Å². The Morgan fingerprint density at radius 3 is 2.21 bits per heavy atom. The van der Waals surface area contributed by atoms with Crippen molar-refractivity contribution in [3.05, 3.63) is 21.9 Å². The van der Waals surface area contributed by atoms with Gasteiger partial charge in [-0.1, -0.05) is 35.9 Å². The van der Waals surface area contributed by atoms with Gasteiger partial charge in [0.2, 0.25) is 0 Å². The summed E-state index contributed by atoms with van der Waals surface area (Å²) >= 11 is 3.51. The summed E-state index contributed by atoms with van der Waals surface area (Å²) in [5, 5.41) is 0. The topological polar surface area (TPSA) is 42.0 Å². The lowest BCUT2D eigenvalue weighted by atomic mass is 10.1. The molecule has 0 spiro atoms. The molecule has 6 heteroatoms. The average molecular weight is 457 g/mol. The molecule has 2 fully saturated rings. The maximum absolute atomic E-state index is 11.6. The second-order valence-electron chi connectivity index (χ2n) is 7.37. The fourth-order valence-corrected chi connectivity index (χ4v) is 3.32. The van der Waals surface area contributed by atoms with Crippen molar-refractivity contribution < 1.29 is 14.3 Å². The van der Waals surface area contributed by atoms with Crippen LogP contribution in [-0.2, 0) is 9.47 Å². The van der Waals surface area contributed by atoms with E-state index in [0.717, 1.165) is 51.4 Å². The van der Waals surface area contributed by atoms with Crippen LogP contribution in [0.3, 0.4) is 0 Å². The first kappa shape index (κ1) is 26.6. The lowest BCUT2D eigenvalue weighted by Gasteiger charge is -2.33. The van der Waals surface area contributed by atoms with Crippen LogP contribution in [0.5, 0.6) is 0 Å². The van der Waals surface area contributed by atoms with Gasteiger partial charge in [0, 0.05) is 37.1 Å². The minimum absolute atomic E-state index is 0.189. The minimum atomic E-state index is -0.388. The Balaban J connectivity index is 0.000000456. The number of amides is 1. The molecule has 0 bridgehead atoms. The van der Waals surface area contributed by atoms with Crippen LogP contribution in [-0.4, -0.2) is 61.3 Å². The Morgan fingerprint density at radius 1 is 1.14 bits per heavy atom. The van der Waals surface area contributed by atoms with E-state index in [1.165, 1.54) is 16.5 Å². The molecule has 0 atom stereocenters. The molecule has 1 amide bonds. The van der Waals surface area contributed by atoms with Crippen LogP contribution < -0.4 is 0 Å². The van der Waals surface area contributed by atoms with Crippen molar-refractivity contribution in [3.63, 3.8) is 0 Å². The maximum atomic E-state index is 11.6. The third kappa shape index (κ3) is 9.66. The van der Waals surface area contributed by atoms with E-state index in [-0.39, 0.29) is 11.7 Å². The van der Waals surface area contributed by atoms with E-state index < -0.39 is 0 Å². The molecule has 0 aromatic heterocycles. The molecule has 2 saturated heterocycles. The number of hydrogen-bond acceptors (Lipinski definition) is 4. The monoisotopic (exact) mass is 456 g/mol. The van der Waals surface area contributed by atoms with Crippen molar-refractivity contribution in [2.75, 3.05) is 39.8 Å². The van der Waals surface area contributed by atoms with Crippen molar-refractivity contribution in [2.24, 2.45) is 0 Å². The van der Waals surface area contributed by atoms with Crippen molar-refractivity contribution in [1.82, 2.24) is 9.80 Å². The highest BCUT2D eigenvalue weighted by molar-refractivity contribution is 9.11. The highest BCUT2D eigenvalue weighted by atomic mass is 79.9. The van der Waals surface area contributed by atoms with Crippen LogP contribution >= 0.6 is 15.9 Å². The number of carbonyl (C=O) groups is 1. The summed E-state index contributed by atoms with van der Waals surface area (Å²) in [6.07, 6.45) is 13.5. The summed E-state index contributed by atoms with van der Waals surface area (Å²) in [7, 11) is 2.06. The van der Waals surface area contributed by atoms with E-state index in [0.29, 0.717) is 0 Å². The van der Waals surface area contributed by atoms with Gasteiger partial charge in [-0.25, -0.2) is 4.79 Å². The minimum Gasteiger partial charge on any atom is -0.492 e. The van der Waals surface area contributed by atoms with Crippen LogP contribution in [0.15, 0.2) is 21.9 Å². The zero-order valence-electron chi connectivity index (χ0n) is 18.4. The lowest BCUT2D eigenvalue weighted by Crippen LogP contribution is -2.48. The first-order chi connectivity index (χ1) is 13.3. The SMILES string of the molecule is BrC1=C2OCCC2=CCC1.C#C.CC.CN1CCN(C(=O)OC(C)(C)C)CC1. The molecule has 2 heterocycles. The Morgan fingerprint density at radius 2 is 1.71 bits per heavy atom. The first-order valence-corrected chi connectivity index (χ1v) is 10.8. The molecule has 0 aromatic rings. The molecule has 1 aliphatic carbocycles. The number of rotatable bonds is 0. The molecular formula is C22H37BrN2O3. The first-order valence-electron chi connectivity index (χ1n) is 9.97. The largest absolute Gasteiger partial charge is 0.492 e. The van der Waals surface area contributed by atoms with E-state index in [4.69, 9.17) is 9.47 Å². The summed E-state index contributed by atoms with van der Waals surface area (Å²) in [5.74, 6) is 1.12. The zero-order valence-corrected chi connectivity index (χ0v) is 20.0. The highest BCUT2D eigenvalue weighted by Gasteiger charge is 2.24. The smallest absolute Gasteiger partial charge is 0.410 e. The summed E-state index contributed by atoms with van der Waals surface area (Å²) in [4.78, 5) is 15.6. The number of allylic oxidation sites excluding steroid dienone is 3. The van der Waals surface area contributed by atoms with Gasteiger partial charge >= 0.3 is 6.09 Å². The second-order valence-corrected chi connectivity index (χ2v) is 8.33. The zero-order chi connectivity index (χ0) is 21.7. The van der Waals surface area contributed by atoms with Crippen LogP contribution in [0, 0.1) is 12.8 Å². The summed E-state index contributed by atoms with van der Waals surface area (Å²) in [6, 6.07) is 0. The number of terminal acetylenes is 1. The number of ether oxygens (including phenoxy) is 2. The maximum Gasteiger partial charge on any atom is 0.410 e. The van der Waals surface area contributed by atoms with Crippen LogP contribution in [0.4, 0.5) is 4.79 Å². The Hall–Kier alpha value is -1.45. The molecule has 2 aliphatic heterocycles. The molecule has 5 nitrogen and oxygen atoms in total. The van der Waals surface area contributed by atoms with Crippen LogP contribution in [0.1, 0.15) is 53.9 Å². The molecule has 3 aliphatic rings. The van der Waals surface area contributed by atoms with Gasteiger partial charge in [0.25, 0.3) is 0 Å². The van der Waals surface area contributed by atoms with Crippen LogP contribution in [0.25, 0.3) is 0 Å². The molecule has 160 valence electrons. The molecular weight excluding hydrogens is 420 g/mol. The fourth-order valence-electron chi connectivity index (χ4n) is 2.72. The molecule has 0 unspecified atom stereocenters. The molecule has 0 radical (unpaired) electrons. The Kier molecular flexibility index (Phi) is 13.0. The van der Waals surface area contributed by atoms with E-state index in [2.05, 4.69) is 46.8 Å². The Bertz CT molecular complexity index is 548. The second kappa shape index (κ2) is 13.7. The van der Waals surface area contributed by atoms with Gasteiger partial charge in [-0.2, -0.15) is 0 Å². The van der Waals surface area contributed by atoms with Crippen molar-refractivity contribution in [3.8, 4) is 12.8 Å². The summed E-state index contributed by atoms with van der Waals surface area (Å²) in [6.45, 7) is 13.9. The number of likely N-dealkylation sites (N-methyl/N-ethyl adjacent to an activating group) is 1. The van der Waals surface area contributed by atoms with Crippen molar-refractivity contribution in [1.29, 1.82) is 0 Å². The van der Waals surface area contributed by atoms with Gasteiger partial charge in [-0.3, -0.25) is 0 Å². The number of fused-ring (bicyclic) bond motifs is 1. The molecule has 0 aromatic carbocycles. The number of nitrogens with zero attached hydrogens (tertiary/aromatic N) is 2. The number of piperazine rings is 1. The third-order valence-electron chi connectivity index (χ3n) is 4.07. The number of carbonyl (C=O) groups excluding carboxylic acids is 1. The molecule has 28 heavy (non-hydrogen) atoms. The van der Waals surface area contributed by atoms with E-state index >= 15 is 0 Å². The van der Waals surface area contributed by atoms with Crippen molar-refractivity contribution >= 4 is 22.0 Å². The predicted molar refractivity (Wildman–Crippen MR) is 120 cm³/mol. The summed E-state index contributed by atoms with van der Waals surface area (Å²) < 4.78 is 12.0.